The zero-order chi connectivity index (χ0) is 13.7. The second-order valence-corrected chi connectivity index (χ2v) is 4.28. The molecule has 4 nitrogen and oxygen atoms in total. The van der Waals surface area contributed by atoms with Crippen molar-refractivity contribution >= 4 is 11.8 Å². The molecule has 1 aromatic carbocycles. The van der Waals surface area contributed by atoms with Gasteiger partial charge in [-0.05, 0) is 38.0 Å². The maximum Gasteiger partial charge on any atom is 0.323 e. The molecule has 0 aromatic heterocycles. The summed E-state index contributed by atoms with van der Waals surface area (Å²) in [6, 6.07) is 4.57. The van der Waals surface area contributed by atoms with E-state index in [4.69, 9.17) is 10.5 Å². The number of aryl methyl sites for hydroxylation is 2. The van der Waals surface area contributed by atoms with Crippen LogP contribution in [0.5, 0.6) is 0 Å². The summed E-state index contributed by atoms with van der Waals surface area (Å²) >= 11 is 0. The summed E-state index contributed by atoms with van der Waals surface area (Å²) in [5.74, 6) is -0.673. The monoisotopic (exact) mass is 249 g/mol. The van der Waals surface area contributed by atoms with Gasteiger partial charge in [0, 0.05) is 12.0 Å². The maximum absolute atomic E-state index is 11.9. The molecule has 0 saturated carbocycles. The predicted octanol–water partition coefficient (Wildman–Crippen LogP) is 1.77. The Morgan fingerprint density at radius 1 is 1.28 bits per heavy atom. The number of benzene rings is 1. The predicted molar refractivity (Wildman–Crippen MR) is 69.5 cm³/mol. The summed E-state index contributed by atoms with van der Waals surface area (Å²) in [5, 5.41) is 0. The quantitative estimate of drug-likeness (QED) is 0.637. The molecule has 1 rings (SSSR count). The summed E-state index contributed by atoms with van der Waals surface area (Å²) < 4.78 is 4.77. The fraction of sp³-hybridized carbons (Fsp3) is 0.429. The fourth-order valence-electron chi connectivity index (χ4n) is 1.57. The van der Waals surface area contributed by atoms with E-state index in [0.29, 0.717) is 5.56 Å². The third kappa shape index (κ3) is 3.67. The van der Waals surface area contributed by atoms with Gasteiger partial charge in [0.2, 0.25) is 0 Å². The minimum absolute atomic E-state index is 0.0265. The van der Waals surface area contributed by atoms with Crippen molar-refractivity contribution in [3.05, 3.63) is 34.9 Å². The van der Waals surface area contributed by atoms with Gasteiger partial charge in [0.1, 0.15) is 6.04 Å². The van der Waals surface area contributed by atoms with Gasteiger partial charge in [0.05, 0.1) is 6.61 Å². The van der Waals surface area contributed by atoms with Gasteiger partial charge in [-0.15, -0.1) is 0 Å². The van der Waals surface area contributed by atoms with Gasteiger partial charge in [-0.25, -0.2) is 0 Å². The standard InChI is InChI=1S/C14H19NO3/c1-4-18-14(17)12(15)8-13(16)11-6-5-9(2)10(3)7-11/h5-7,12H,4,8,15H2,1-3H3. The second kappa shape index (κ2) is 6.31. The number of carbonyl (C=O) groups excluding carboxylic acids is 2. The van der Waals surface area contributed by atoms with Crippen molar-refractivity contribution in [2.75, 3.05) is 6.61 Å². The minimum atomic E-state index is -0.890. The Kier molecular flexibility index (Phi) is 5.04. The van der Waals surface area contributed by atoms with Crippen LogP contribution >= 0.6 is 0 Å². The first-order valence-electron chi connectivity index (χ1n) is 5.98. The molecule has 0 spiro atoms. The number of carbonyl (C=O) groups is 2. The lowest BCUT2D eigenvalue weighted by Gasteiger charge is -2.10. The molecular formula is C14H19NO3. The van der Waals surface area contributed by atoms with Crippen LogP contribution in [0.15, 0.2) is 18.2 Å². The molecule has 18 heavy (non-hydrogen) atoms. The van der Waals surface area contributed by atoms with Crippen LogP contribution in [0.2, 0.25) is 0 Å². The third-order valence-electron chi connectivity index (χ3n) is 2.82. The summed E-state index contributed by atoms with van der Waals surface area (Å²) in [7, 11) is 0. The van der Waals surface area contributed by atoms with Crippen molar-refractivity contribution in [1.29, 1.82) is 0 Å². The van der Waals surface area contributed by atoms with Crippen LogP contribution in [0, 0.1) is 13.8 Å². The molecule has 1 aromatic rings. The molecular weight excluding hydrogens is 230 g/mol. The normalized spacial score (nSPS) is 12.0. The summed E-state index contributed by atoms with van der Waals surface area (Å²) in [4.78, 5) is 23.3. The highest BCUT2D eigenvalue weighted by Gasteiger charge is 2.19. The van der Waals surface area contributed by atoms with Crippen LogP contribution in [-0.4, -0.2) is 24.4 Å². The van der Waals surface area contributed by atoms with Crippen molar-refractivity contribution in [2.24, 2.45) is 5.73 Å². The fourth-order valence-corrected chi connectivity index (χ4v) is 1.57. The van der Waals surface area contributed by atoms with E-state index in [-0.39, 0.29) is 18.8 Å². The zero-order valence-electron chi connectivity index (χ0n) is 11.0. The number of ketones is 1. The average molecular weight is 249 g/mol. The highest BCUT2D eigenvalue weighted by molar-refractivity contribution is 5.99. The third-order valence-corrected chi connectivity index (χ3v) is 2.82. The Morgan fingerprint density at radius 2 is 1.94 bits per heavy atom. The second-order valence-electron chi connectivity index (χ2n) is 4.28. The number of esters is 1. The van der Waals surface area contributed by atoms with E-state index in [9.17, 15) is 9.59 Å². The topological polar surface area (TPSA) is 69.4 Å². The van der Waals surface area contributed by atoms with Crippen molar-refractivity contribution in [1.82, 2.24) is 0 Å². The number of Topliss-reactive ketones (excluding diaryl/α,β-unsaturated/α-hetero) is 1. The van der Waals surface area contributed by atoms with Gasteiger partial charge in [0.15, 0.2) is 5.78 Å². The molecule has 0 radical (unpaired) electrons. The van der Waals surface area contributed by atoms with Crippen LogP contribution in [-0.2, 0) is 9.53 Å². The van der Waals surface area contributed by atoms with Gasteiger partial charge in [-0.1, -0.05) is 12.1 Å². The SMILES string of the molecule is CCOC(=O)C(N)CC(=O)c1ccc(C)c(C)c1. The van der Waals surface area contributed by atoms with E-state index < -0.39 is 12.0 Å². The van der Waals surface area contributed by atoms with Gasteiger partial charge in [0.25, 0.3) is 0 Å². The first kappa shape index (κ1) is 14.4. The number of ether oxygens (including phenoxy) is 1. The van der Waals surface area contributed by atoms with E-state index >= 15 is 0 Å². The smallest absolute Gasteiger partial charge is 0.323 e. The number of rotatable bonds is 5. The van der Waals surface area contributed by atoms with Crippen molar-refractivity contribution in [3.63, 3.8) is 0 Å². The van der Waals surface area contributed by atoms with Gasteiger partial charge < -0.3 is 10.5 Å². The molecule has 4 heteroatoms. The molecule has 0 amide bonds. The Hall–Kier alpha value is -1.68. The van der Waals surface area contributed by atoms with Crippen LogP contribution in [0.1, 0.15) is 34.8 Å². The van der Waals surface area contributed by atoms with Crippen molar-refractivity contribution in [2.45, 2.75) is 33.2 Å². The molecule has 1 unspecified atom stereocenters. The molecule has 2 N–H and O–H groups in total. The number of hydrogen-bond donors (Lipinski definition) is 1. The van der Waals surface area contributed by atoms with E-state index in [1.165, 1.54) is 0 Å². The molecule has 0 saturated heterocycles. The maximum atomic E-state index is 11.9. The number of hydrogen-bond acceptors (Lipinski definition) is 4. The van der Waals surface area contributed by atoms with E-state index in [0.717, 1.165) is 11.1 Å². The van der Waals surface area contributed by atoms with Gasteiger partial charge >= 0.3 is 5.97 Å². The van der Waals surface area contributed by atoms with Crippen molar-refractivity contribution in [3.8, 4) is 0 Å². The lowest BCUT2D eigenvalue weighted by atomic mass is 10.00. The summed E-state index contributed by atoms with van der Waals surface area (Å²) in [6.07, 6.45) is -0.0265. The molecule has 0 fully saturated rings. The Bertz CT molecular complexity index is 454. The Labute approximate surface area is 107 Å². The lowest BCUT2D eigenvalue weighted by molar-refractivity contribution is -0.144. The summed E-state index contributed by atoms with van der Waals surface area (Å²) in [5.41, 5.74) is 8.37. The van der Waals surface area contributed by atoms with Crippen LogP contribution in [0.25, 0.3) is 0 Å². The van der Waals surface area contributed by atoms with Crippen molar-refractivity contribution < 1.29 is 14.3 Å². The summed E-state index contributed by atoms with van der Waals surface area (Å²) in [6.45, 7) is 5.89. The largest absolute Gasteiger partial charge is 0.465 e. The number of nitrogens with two attached hydrogens (primary N) is 1. The molecule has 0 aliphatic heterocycles. The molecule has 0 bridgehead atoms. The first-order valence-corrected chi connectivity index (χ1v) is 5.98. The lowest BCUT2D eigenvalue weighted by Crippen LogP contribution is -2.34. The minimum Gasteiger partial charge on any atom is -0.465 e. The van der Waals surface area contributed by atoms with E-state index in [1.807, 2.05) is 26.0 Å². The molecule has 0 aliphatic carbocycles. The highest BCUT2D eigenvalue weighted by Crippen LogP contribution is 2.12. The first-order chi connectivity index (χ1) is 8.45. The van der Waals surface area contributed by atoms with E-state index in [1.54, 1.807) is 13.0 Å². The van der Waals surface area contributed by atoms with Gasteiger partial charge in [-0.2, -0.15) is 0 Å². The average Bonchev–Trinajstić information content (AvgIpc) is 2.32. The highest BCUT2D eigenvalue weighted by atomic mass is 16.5. The Morgan fingerprint density at radius 3 is 2.50 bits per heavy atom. The molecule has 0 aliphatic rings. The van der Waals surface area contributed by atoms with Crippen LogP contribution < -0.4 is 5.73 Å². The van der Waals surface area contributed by atoms with E-state index in [2.05, 4.69) is 0 Å². The van der Waals surface area contributed by atoms with Crippen LogP contribution in [0.3, 0.4) is 0 Å². The molecule has 98 valence electrons. The van der Waals surface area contributed by atoms with Crippen LogP contribution in [0.4, 0.5) is 0 Å². The zero-order valence-corrected chi connectivity index (χ0v) is 11.0. The molecule has 0 heterocycles. The molecule has 1 atom stereocenters. The van der Waals surface area contributed by atoms with Gasteiger partial charge in [-0.3, -0.25) is 9.59 Å². The Balaban J connectivity index is 2.70.